The van der Waals surface area contributed by atoms with Crippen molar-refractivity contribution in [1.82, 2.24) is 5.32 Å². The Morgan fingerprint density at radius 3 is 2.22 bits per heavy atom. The van der Waals surface area contributed by atoms with E-state index in [1.807, 2.05) is 73.7 Å². The number of aliphatic hydroxyl groups is 2. The minimum Gasteiger partial charge on any atom is -0.493 e. The standard InChI is InChI=1S/C18H20BrClO2.C17H19BrClNO3/c1-13-5-6-15(17(20)10-13)12-22-18-8-7-16(19)11-14(18)4-2-3-9-21;1-22-16-9-12(10-20-6-7-21)8-14(18)17(16)23-11-13-4-2-3-5-15(13)19/h5-8,10-11,21H,2-4,9,12H2,1H3;2-5,8-9,20-21H,6-7,10-11H2,1H3. The highest BCUT2D eigenvalue weighted by Gasteiger charge is 2.13. The van der Waals surface area contributed by atoms with Gasteiger partial charge in [-0.1, -0.05) is 69.5 Å². The largest absolute Gasteiger partial charge is 0.493 e. The summed E-state index contributed by atoms with van der Waals surface area (Å²) in [6.45, 7) is 4.35. The van der Waals surface area contributed by atoms with Gasteiger partial charge < -0.3 is 29.7 Å². The SMILES string of the molecule is COc1cc(CNCCO)cc(Br)c1OCc1ccccc1Cl.Cc1ccc(COc2ccc(Br)cc2CCCCO)c(Cl)c1. The lowest BCUT2D eigenvalue weighted by molar-refractivity contribution is 0.282. The number of hydrogen-bond donors (Lipinski definition) is 3. The van der Waals surface area contributed by atoms with Crippen LogP contribution in [0.1, 0.15) is 40.7 Å². The molecule has 4 rings (SSSR count). The molecule has 0 fully saturated rings. The van der Waals surface area contributed by atoms with Crippen molar-refractivity contribution in [3.05, 3.63) is 120 Å². The highest BCUT2D eigenvalue weighted by molar-refractivity contribution is 9.10. The molecule has 0 aliphatic heterocycles. The van der Waals surface area contributed by atoms with Gasteiger partial charge in [-0.3, -0.25) is 0 Å². The molecule has 0 radical (unpaired) electrons. The molecule has 0 aromatic heterocycles. The monoisotopic (exact) mass is 781 g/mol. The van der Waals surface area contributed by atoms with E-state index >= 15 is 0 Å². The van der Waals surface area contributed by atoms with Gasteiger partial charge in [0.05, 0.1) is 18.2 Å². The van der Waals surface area contributed by atoms with Crippen molar-refractivity contribution in [2.45, 2.75) is 45.9 Å². The van der Waals surface area contributed by atoms with Crippen LogP contribution in [0.3, 0.4) is 0 Å². The first-order chi connectivity index (χ1) is 21.7. The zero-order valence-corrected chi connectivity index (χ0v) is 30.1. The Morgan fingerprint density at radius 2 is 1.51 bits per heavy atom. The third-order valence-electron chi connectivity index (χ3n) is 6.71. The minimum absolute atomic E-state index is 0.108. The Labute approximate surface area is 292 Å². The van der Waals surface area contributed by atoms with Crippen LogP contribution in [0.15, 0.2) is 81.7 Å². The van der Waals surface area contributed by atoms with E-state index in [0.29, 0.717) is 42.8 Å². The molecule has 242 valence electrons. The maximum absolute atomic E-state index is 8.92. The van der Waals surface area contributed by atoms with Crippen LogP contribution in [-0.2, 0) is 26.2 Å². The summed E-state index contributed by atoms with van der Waals surface area (Å²) in [7, 11) is 1.61. The van der Waals surface area contributed by atoms with E-state index in [9.17, 15) is 0 Å². The third kappa shape index (κ3) is 12.4. The van der Waals surface area contributed by atoms with Crippen LogP contribution in [0.25, 0.3) is 0 Å². The maximum Gasteiger partial charge on any atom is 0.175 e. The van der Waals surface area contributed by atoms with Gasteiger partial charge in [0, 0.05) is 45.3 Å². The Morgan fingerprint density at radius 1 is 0.756 bits per heavy atom. The van der Waals surface area contributed by atoms with E-state index in [0.717, 1.165) is 66.8 Å². The van der Waals surface area contributed by atoms with Crippen molar-refractivity contribution >= 4 is 55.1 Å². The van der Waals surface area contributed by atoms with Crippen LogP contribution in [0.2, 0.25) is 10.0 Å². The van der Waals surface area contributed by atoms with Crippen molar-refractivity contribution in [2.75, 3.05) is 26.9 Å². The molecule has 0 aliphatic carbocycles. The quantitative estimate of drug-likeness (QED) is 0.105. The summed E-state index contributed by atoms with van der Waals surface area (Å²) in [6, 6.07) is 23.5. The smallest absolute Gasteiger partial charge is 0.175 e. The summed E-state index contributed by atoms with van der Waals surface area (Å²) in [5.41, 5.74) is 5.22. The predicted octanol–water partition coefficient (Wildman–Crippen LogP) is 9.08. The molecule has 0 saturated heterocycles. The normalized spacial score (nSPS) is 10.7. The van der Waals surface area contributed by atoms with E-state index in [4.69, 9.17) is 47.6 Å². The second-order valence-corrected chi connectivity index (χ2v) is 12.8. The molecule has 10 heteroatoms. The topological polar surface area (TPSA) is 80.2 Å². The Hall–Kier alpha value is -2.30. The zero-order chi connectivity index (χ0) is 32.6. The average Bonchev–Trinajstić information content (AvgIpc) is 3.02. The first-order valence-corrected chi connectivity index (χ1v) is 16.9. The number of methoxy groups -OCH3 is 1. The summed E-state index contributed by atoms with van der Waals surface area (Å²) in [6.07, 6.45) is 2.63. The number of nitrogens with one attached hydrogen (secondary N) is 1. The molecular weight excluding hydrogens is 745 g/mol. The molecule has 0 unspecified atom stereocenters. The fraction of sp³-hybridized carbons (Fsp3) is 0.314. The van der Waals surface area contributed by atoms with Crippen molar-refractivity contribution in [3.63, 3.8) is 0 Å². The Balaban J connectivity index is 0.000000246. The van der Waals surface area contributed by atoms with Gasteiger partial charge in [0.2, 0.25) is 0 Å². The van der Waals surface area contributed by atoms with Crippen LogP contribution in [-0.4, -0.2) is 37.1 Å². The number of unbranched alkanes of at least 4 members (excludes halogenated alkanes) is 1. The second kappa shape index (κ2) is 20.0. The first kappa shape index (κ1) is 37.2. The molecule has 0 bridgehead atoms. The Bertz CT molecular complexity index is 1510. The van der Waals surface area contributed by atoms with E-state index in [-0.39, 0.29) is 13.2 Å². The van der Waals surface area contributed by atoms with Gasteiger partial charge in [-0.2, -0.15) is 0 Å². The maximum atomic E-state index is 8.92. The molecule has 0 saturated carbocycles. The number of halogens is 4. The van der Waals surface area contributed by atoms with Crippen LogP contribution in [0.5, 0.6) is 17.2 Å². The van der Waals surface area contributed by atoms with Gasteiger partial charge in [0.15, 0.2) is 11.5 Å². The third-order valence-corrected chi connectivity index (χ3v) is 8.51. The summed E-state index contributed by atoms with van der Waals surface area (Å²) >= 11 is 19.4. The van der Waals surface area contributed by atoms with Crippen molar-refractivity contribution in [3.8, 4) is 17.2 Å². The predicted molar refractivity (Wildman–Crippen MR) is 190 cm³/mol. The molecule has 4 aromatic carbocycles. The molecule has 6 nitrogen and oxygen atoms in total. The Kier molecular flexibility index (Phi) is 16.6. The number of ether oxygens (including phenoxy) is 3. The summed E-state index contributed by atoms with van der Waals surface area (Å²) < 4.78 is 19.1. The second-order valence-electron chi connectivity index (χ2n) is 10.2. The zero-order valence-electron chi connectivity index (χ0n) is 25.4. The molecule has 0 amide bonds. The molecular formula is C35H39Br2Cl2NO5. The van der Waals surface area contributed by atoms with Crippen LogP contribution >= 0.6 is 55.1 Å². The highest BCUT2D eigenvalue weighted by Crippen LogP contribution is 2.37. The number of rotatable bonds is 15. The number of aryl methyl sites for hydroxylation is 2. The average molecular weight is 784 g/mol. The van der Waals surface area contributed by atoms with Crippen LogP contribution < -0.4 is 19.5 Å². The lowest BCUT2D eigenvalue weighted by Crippen LogP contribution is -2.17. The van der Waals surface area contributed by atoms with Crippen LogP contribution in [0.4, 0.5) is 0 Å². The van der Waals surface area contributed by atoms with E-state index in [2.05, 4.69) is 43.2 Å². The molecule has 0 aliphatic rings. The minimum atomic E-state index is 0.108. The van der Waals surface area contributed by atoms with E-state index < -0.39 is 0 Å². The number of benzene rings is 4. The fourth-order valence-electron chi connectivity index (χ4n) is 4.33. The lowest BCUT2D eigenvalue weighted by Gasteiger charge is -2.15. The molecule has 0 atom stereocenters. The van der Waals surface area contributed by atoms with Crippen LogP contribution in [0, 0.1) is 6.92 Å². The molecule has 4 aromatic rings. The van der Waals surface area contributed by atoms with Crippen molar-refractivity contribution in [1.29, 1.82) is 0 Å². The van der Waals surface area contributed by atoms with Gasteiger partial charge in [-0.25, -0.2) is 0 Å². The van der Waals surface area contributed by atoms with E-state index in [1.165, 1.54) is 0 Å². The summed E-state index contributed by atoms with van der Waals surface area (Å²) in [5, 5.41) is 22.3. The molecule has 0 heterocycles. The number of hydrogen-bond acceptors (Lipinski definition) is 6. The van der Waals surface area contributed by atoms with Crippen molar-refractivity contribution in [2.24, 2.45) is 0 Å². The lowest BCUT2D eigenvalue weighted by atomic mass is 10.1. The fourth-order valence-corrected chi connectivity index (χ4v) is 5.82. The van der Waals surface area contributed by atoms with Gasteiger partial charge in [0.1, 0.15) is 19.0 Å². The van der Waals surface area contributed by atoms with Gasteiger partial charge in [-0.15, -0.1) is 0 Å². The van der Waals surface area contributed by atoms with Gasteiger partial charge >= 0.3 is 0 Å². The molecule has 45 heavy (non-hydrogen) atoms. The van der Waals surface area contributed by atoms with Gasteiger partial charge in [0.25, 0.3) is 0 Å². The van der Waals surface area contributed by atoms with Crippen molar-refractivity contribution < 1.29 is 24.4 Å². The summed E-state index contributed by atoms with van der Waals surface area (Å²) in [5.74, 6) is 2.16. The molecule has 0 spiro atoms. The number of aliphatic hydroxyl groups excluding tert-OH is 2. The molecule has 3 N–H and O–H groups in total. The first-order valence-electron chi connectivity index (χ1n) is 14.6. The van der Waals surface area contributed by atoms with E-state index in [1.54, 1.807) is 7.11 Å². The summed E-state index contributed by atoms with van der Waals surface area (Å²) in [4.78, 5) is 0. The highest BCUT2D eigenvalue weighted by atomic mass is 79.9. The van der Waals surface area contributed by atoms with Gasteiger partial charge in [-0.05, 0) is 101 Å².